The Morgan fingerprint density at radius 2 is 2.27 bits per heavy atom. The summed E-state index contributed by atoms with van der Waals surface area (Å²) < 4.78 is 19.5. The van der Waals surface area contributed by atoms with Gasteiger partial charge in [-0.3, -0.25) is 5.43 Å². The highest BCUT2D eigenvalue weighted by atomic mass is 32.1. The van der Waals surface area contributed by atoms with E-state index in [1.807, 2.05) is 29.9 Å². The summed E-state index contributed by atoms with van der Waals surface area (Å²) in [5.74, 6) is 10.6. The normalized spacial score (nSPS) is 10.4. The maximum atomic E-state index is 13.7. The van der Waals surface area contributed by atoms with Crippen molar-refractivity contribution in [2.24, 2.45) is 11.7 Å². The van der Waals surface area contributed by atoms with E-state index in [1.54, 1.807) is 11.3 Å². The number of nitrogens with two attached hydrogens (primary N) is 2. The molecule has 2 aromatic rings. The van der Waals surface area contributed by atoms with Crippen LogP contribution in [-0.4, -0.2) is 6.03 Å². The van der Waals surface area contributed by atoms with E-state index in [0.717, 1.165) is 16.0 Å². The monoisotopic (exact) mass is 324 g/mol. The third-order valence-corrected chi connectivity index (χ3v) is 3.88. The molecular weight excluding hydrogens is 307 g/mol. The predicted molar refractivity (Wildman–Crippen MR) is 83.8 cm³/mol. The number of rotatable bonds is 5. The van der Waals surface area contributed by atoms with Crippen molar-refractivity contribution in [3.05, 3.63) is 45.9 Å². The number of hydrazine groups is 2. The average Bonchev–Trinajstić information content (AvgIpc) is 3.04. The van der Waals surface area contributed by atoms with Gasteiger partial charge in [-0.05, 0) is 29.5 Å². The molecule has 0 aliphatic heterocycles. The van der Waals surface area contributed by atoms with Crippen molar-refractivity contribution in [3.63, 3.8) is 0 Å². The Morgan fingerprint density at radius 3 is 2.86 bits per heavy atom. The summed E-state index contributed by atoms with van der Waals surface area (Å²) in [5, 5.41) is 2.66. The van der Waals surface area contributed by atoms with Crippen LogP contribution in [0.15, 0.2) is 29.6 Å². The molecule has 1 aromatic carbocycles. The number of aryl methyl sites for hydroxylation is 1. The Hall–Kier alpha value is -2.16. The number of hydrogen-bond donors (Lipinski definition) is 3. The molecule has 0 saturated carbocycles. The quantitative estimate of drug-likeness (QED) is 0.447. The Bertz CT molecular complexity index is 649. The molecule has 1 heterocycles. The lowest BCUT2D eigenvalue weighted by Gasteiger charge is -2.21. The van der Waals surface area contributed by atoms with Gasteiger partial charge in [0.05, 0.1) is 0 Å². The van der Waals surface area contributed by atoms with Crippen molar-refractivity contribution in [2.45, 2.75) is 20.0 Å². The number of nitrogens with zero attached hydrogens (tertiary/aromatic N) is 1. The number of carbonyl (C=O) groups is 1. The van der Waals surface area contributed by atoms with Crippen LogP contribution in [-0.2, 0) is 13.0 Å². The second-order valence-electron chi connectivity index (χ2n) is 4.45. The third kappa shape index (κ3) is 3.53. The standard InChI is InChI=1S/C14H17FN4O2S/c1-2-9-6-10(15)7-12(19(17)14(20)18-16)13(9)21-8-11-4-3-5-22-11/h3-7H,2,8,16-17H2,1H3,(H,18,20). The molecule has 0 radical (unpaired) electrons. The number of benzene rings is 1. The number of ether oxygens (including phenoxy) is 1. The van der Waals surface area contributed by atoms with Gasteiger partial charge < -0.3 is 4.74 Å². The molecule has 2 amide bonds. The number of hydrogen-bond acceptors (Lipinski definition) is 5. The molecular formula is C14H17FN4O2S. The Morgan fingerprint density at radius 1 is 1.50 bits per heavy atom. The molecule has 22 heavy (non-hydrogen) atoms. The minimum atomic E-state index is -0.770. The van der Waals surface area contributed by atoms with Crippen LogP contribution in [0.3, 0.4) is 0 Å². The highest BCUT2D eigenvalue weighted by molar-refractivity contribution is 7.09. The van der Waals surface area contributed by atoms with E-state index < -0.39 is 11.8 Å². The molecule has 1 aromatic heterocycles. The van der Waals surface area contributed by atoms with Crippen LogP contribution in [0, 0.1) is 5.82 Å². The molecule has 0 fully saturated rings. The van der Waals surface area contributed by atoms with Crippen molar-refractivity contribution < 1.29 is 13.9 Å². The molecule has 6 nitrogen and oxygen atoms in total. The molecule has 8 heteroatoms. The molecule has 0 bridgehead atoms. The largest absolute Gasteiger partial charge is 0.486 e. The second kappa shape index (κ2) is 7.21. The lowest BCUT2D eigenvalue weighted by molar-refractivity contribution is 0.246. The van der Waals surface area contributed by atoms with Crippen molar-refractivity contribution >= 4 is 23.1 Å². The van der Waals surface area contributed by atoms with E-state index in [2.05, 4.69) is 0 Å². The van der Waals surface area contributed by atoms with Crippen LogP contribution in [0.1, 0.15) is 17.4 Å². The summed E-state index contributed by atoms with van der Waals surface area (Å²) >= 11 is 1.54. The van der Waals surface area contributed by atoms with Crippen molar-refractivity contribution in [1.82, 2.24) is 5.43 Å². The molecule has 0 aliphatic rings. The van der Waals surface area contributed by atoms with Gasteiger partial charge >= 0.3 is 6.03 Å². The van der Waals surface area contributed by atoms with Crippen LogP contribution in [0.25, 0.3) is 0 Å². The minimum Gasteiger partial charge on any atom is -0.486 e. The Kier molecular flexibility index (Phi) is 5.31. The topological polar surface area (TPSA) is 93.6 Å². The van der Waals surface area contributed by atoms with E-state index in [0.29, 0.717) is 24.3 Å². The molecule has 5 N–H and O–H groups in total. The van der Waals surface area contributed by atoms with Gasteiger partial charge in [0.15, 0.2) is 0 Å². The number of halogens is 1. The fourth-order valence-corrected chi connectivity index (χ4v) is 2.58. The minimum absolute atomic E-state index is 0.122. The fourth-order valence-electron chi connectivity index (χ4n) is 1.96. The molecule has 2 rings (SSSR count). The first-order chi connectivity index (χ1) is 10.6. The van der Waals surface area contributed by atoms with Crippen molar-refractivity contribution in [1.29, 1.82) is 0 Å². The second-order valence-corrected chi connectivity index (χ2v) is 5.49. The van der Waals surface area contributed by atoms with E-state index in [4.69, 9.17) is 16.4 Å². The van der Waals surface area contributed by atoms with E-state index in [1.165, 1.54) is 6.07 Å². The van der Waals surface area contributed by atoms with Crippen LogP contribution in [0.2, 0.25) is 0 Å². The van der Waals surface area contributed by atoms with E-state index >= 15 is 0 Å². The SMILES string of the molecule is CCc1cc(F)cc(N(N)C(=O)NN)c1OCc1cccs1. The van der Waals surface area contributed by atoms with Gasteiger partial charge in [-0.1, -0.05) is 13.0 Å². The summed E-state index contributed by atoms with van der Waals surface area (Å²) in [6, 6.07) is 5.56. The number of nitrogens with one attached hydrogen (secondary N) is 1. The Labute approximate surface area is 131 Å². The summed E-state index contributed by atoms with van der Waals surface area (Å²) in [5.41, 5.74) is 2.64. The smallest absolute Gasteiger partial charge is 0.350 e. The summed E-state index contributed by atoms with van der Waals surface area (Å²) in [7, 11) is 0. The molecule has 0 spiro atoms. The first kappa shape index (κ1) is 16.2. The van der Waals surface area contributed by atoms with Crippen LogP contribution >= 0.6 is 11.3 Å². The van der Waals surface area contributed by atoms with Gasteiger partial charge in [-0.25, -0.2) is 25.9 Å². The van der Waals surface area contributed by atoms with E-state index in [9.17, 15) is 9.18 Å². The maximum absolute atomic E-state index is 13.7. The Balaban J connectivity index is 2.37. The predicted octanol–water partition coefficient (Wildman–Crippen LogP) is 2.29. The number of thiophene rings is 1. The zero-order valence-electron chi connectivity index (χ0n) is 12.0. The van der Waals surface area contributed by atoms with Gasteiger partial charge in [0.25, 0.3) is 0 Å². The summed E-state index contributed by atoms with van der Waals surface area (Å²) in [6.07, 6.45) is 0.530. The zero-order chi connectivity index (χ0) is 16.1. The number of urea groups is 1. The van der Waals surface area contributed by atoms with Gasteiger partial charge in [0.2, 0.25) is 0 Å². The number of carbonyl (C=O) groups excluding carboxylic acids is 1. The third-order valence-electron chi connectivity index (χ3n) is 3.03. The summed E-state index contributed by atoms with van der Waals surface area (Å²) in [4.78, 5) is 12.6. The highest BCUT2D eigenvalue weighted by Crippen LogP contribution is 2.33. The van der Waals surface area contributed by atoms with Crippen molar-refractivity contribution in [2.75, 3.05) is 5.01 Å². The summed E-state index contributed by atoms with van der Waals surface area (Å²) in [6.45, 7) is 2.17. The van der Waals surface area contributed by atoms with Gasteiger partial charge in [-0.15, -0.1) is 11.3 Å². The van der Waals surface area contributed by atoms with Gasteiger partial charge in [-0.2, -0.15) is 0 Å². The molecule has 118 valence electrons. The lowest BCUT2D eigenvalue weighted by atomic mass is 10.1. The van der Waals surface area contributed by atoms with Crippen LogP contribution in [0.4, 0.5) is 14.9 Å². The highest BCUT2D eigenvalue weighted by Gasteiger charge is 2.20. The number of anilines is 1. The fraction of sp³-hybridized carbons (Fsp3) is 0.214. The van der Waals surface area contributed by atoms with Crippen LogP contribution < -0.4 is 26.9 Å². The first-order valence-corrected chi connectivity index (χ1v) is 7.47. The first-order valence-electron chi connectivity index (χ1n) is 6.59. The van der Waals surface area contributed by atoms with E-state index in [-0.39, 0.29) is 5.69 Å². The molecule has 0 atom stereocenters. The van der Waals surface area contributed by atoms with Gasteiger partial charge in [0.1, 0.15) is 23.9 Å². The molecule has 0 aliphatic carbocycles. The zero-order valence-corrected chi connectivity index (χ0v) is 12.8. The molecule has 0 saturated heterocycles. The van der Waals surface area contributed by atoms with Gasteiger partial charge in [0, 0.05) is 10.9 Å². The number of amides is 2. The molecule has 0 unspecified atom stereocenters. The lowest BCUT2D eigenvalue weighted by Crippen LogP contribution is -2.47. The van der Waals surface area contributed by atoms with Crippen LogP contribution in [0.5, 0.6) is 5.75 Å². The average molecular weight is 324 g/mol. The van der Waals surface area contributed by atoms with Crippen molar-refractivity contribution in [3.8, 4) is 5.75 Å². The maximum Gasteiger partial charge on any atom is 0.350 e.